The lowest BCUT2D eigenvalue weighted by Crippen LogP contribution is -2.30. The fourth-order valence-corrected chi connectivity index (χ4v) is 5.11. The lowest BCUT2D eigenvalue weighted by Gasteiger charge is -2.28. The molecule has 1 fully saturated rings. The number of pyridine rings is 1. The Kier molecular flexibility index (Phi) is 4.05. The lowest BCUT2D eigenvalue weighted by molar-refractivity contribution is 0.312. The average Bonchev–Trinajstić information content (AvgIpc) is 3.37. The Labute approximate surface area is 164 Å². The standard InChI is InChI=1S/C22H22N4S/c1-15-8-10-17(11-9-15)25-13-5-7-19(25)21-20(18-6-3-4-12-23-18)24-22-26(21)14-16(2)27-22/h3-13,16,20-21H,14H2,1-2H3/t16-,20-,21-/m1/s1. The Hall–Kier alpha value is -2.53. The van der Waals surface area contributed by atoms with Crippen LogP contribution in [-0.2, 0) is 0 Å². The predicted molar refractivity (Wildman–Crippen MR) is 111 cm³/mol. The zero-order valence-corrected chi connectivity index (χ0v) is 16.3. The largest absolute Gasteiger partial charge is 0.339 e. The number of hydrogen-bond acceptors (Lipinski definition) is 4. The number of aromatic nitrogens is 2. The van der Waals surface area contributed by atoms with Crippen LogP contribution in [0.1, 0.15) is 36.0 Å². The number of thioether (sulfide) groups is 1. The highest BCUT2D eigenvalue weighted by Crippen LogP contribution is 2.47. The number of nitrogens with zero attached hydrogens (tertiary/aromatic N) is 4. The first-order chi connectivity index (χ1) is 13.2. The van der Waals surface area contributed by atoms with Crippen molar-refractivity contribution < 1.29 is 0 Å². The van der Waals surface area contributed by atoms with Crippen molar-refractivity contribution in [1.82, 2.24) is 14.5 Å². The smallest absolute Gasteiger partial charge is 0.160 e. The topological polar surface area (TPSA) is 33.4 Å². The molecule has 2 aliphatic heterocycles. The summed E-state index contributed by atoms with van der Waals surface area (Å²) in [5.41, 5.74) is 4.76. The number of aryl methyl sites for hydroxylation is 1. The molecule has 0 aliphatic carbocycles. The third-order valence-electron chi connectivity index (χ3n) is 5.28. The van der Waals surface area contributed by atoms with E-state index in [2.05, 4.69) is 83.0 Å². The molecule has 5 rings (SSSR count). The minimum absolute atomic E-state index is 0.0281. The summed E-state index contributed by atoms with van der Waals surface area (Å²) in [6.45, 7) is 5.42. The summed E-state index contributed by atoms with van der Waals surface area (Å²) < 4.78 is 2.30. The first kappa shape index (κ1) is 16.6. The third-order valence-corrected chi connectivity index (χ3v) is 6.38. The molecule has 0 amide bonds. The fourth-order valence-electron chi connectivity index (χ4n) is 4.01. The monoisotopic (exact) mass is 374 g/mol. The van der Waals surface area contributed by atoms with Gasteiger partial charge in [-0.05, 0) is 43.3 Å². The maximum absolute atomic E-state index is 5.09. The maximum Gasteiger partial charge on any atom is 0.160 e. The molecule has 136 valence electrons. The lowest BCUT2D eigenvalue weighted by atomic mass is 10.0. The number of amidine groups is 1. The second-order valence-electron chi connectivity index (χ2n) is 7.28. The van der Waals surface area contributed by atoms with E-state index in [0.717, 1.165) is 17.4 Å². The summed E-state index contributed by atoms with van der Waals surface area (Å²) in [5, 5.41) is 1.72. The van der Waals surface area contributed by atoms with Gasteiger partial charge >= 0.3 is 0 Å². The van der Waals surface area contributed by atoms with E-state index in [1.807, 2.05) is 24.0 Å². The number of benzene rings is 1. The van der Waals surface area contributed by atoms with Gasteiger partial charge in [-0.25, -0.2) is 0 Å². The Morgan fingerprint density at radius 3 is 2.67 bits per heavy atom. The molecule has 0 saturated carbocycles. The molecule has 3 atom stereocenters. The van der Waals surface area contributed by atoms with Gasteiger partial charge in [0, 0.05) is 35.6 Å². The van der Waals surface area contributed by atoms with Gasteiger partial charge in [0.1, 0.15) is 6.04 Å². The maximum atomic E-state index is 5.09. The van der Waals surface area contributed by atoms with Crippen LogP contribution in [0, 0.1) is 6.92 Å². The number of fused-ring (bicyclic) bond motifs is 1. The van der Waals surface area contributed by atoms with Crippen LogP contribution in [0.2, 0.25) is 0 Å². The van der Waals surface area contributed by atoms with Crippen LogP contribution in [-0.4, -0.2) is 31.4 Å². The van der Waals surface area contributed by atoms with Gasteiger partial charge in [-0.15, -0.1) is 0 Å². The summed E-state index contributed by atoms with van der Waals surface area (Å²) in [4.78, 5) is 12.2. The van der Waals surface area contributed by atoms with Crippen LogP contribution in [0.4, 0.5) is 0 Å². The van der Waals surface area contributed by atoms with E-state index in [1.54, 1.807) is 0 Å². The molecule has 5 heteroatoms. The highest BCUT2D eigenvalue weighted by Gasteiger charge is 2.44. The molecule has 3 aromatic rings. The quantitative estimate of drug-likeness (QED) is 0.662. The molecule has 2 aromatic heterocycles. The summed E-state index contributed by atoms with van der Waals surface area (Å²) in [6.07, 6.45) is 4.02. The van der Waals surface area contributed by atoms with E-state index in [-0.39, 0.29) is 12.1 Å². The molecule has 1 aromatic carbocycles. The van der Waals surface area contributed by atoms with E-state index in [9.17, 15) is 0 Å². The van der Waals surface area contributed by atoms with Crippen LogP contribution in [0.3, 0.4) is 0 Å². The van der Waals surface area contributed by atoms with E-state index in [0.29, 0.717) is 5.25 Å². The molecular formula is C22H22N4S. The second kappa shape index (κ2) is 6.57. The summed E-state index contributed by atoms with van der Waals surface area (Å²) in [6, 6.07) is 19.4. The Morgan fingerprint density at radius 1 is 1.04 bits per heavy atom. The van der Waals surface area contributed by atoms with Gasteiger partial charge in [0.05, 0.1) is 11.7 Å². The molecule has 0 bridgehead atoms. The van der Waals surface area contributed by atoms with Gasteiger partial charge in [0.25, 0.3) is 0 Å². The van der Waals surface area contributed by atoms with E-state index < -0.39 is 0 Å². The zero-order valence-electron chi connectivity index (χ0n) is 15.5. The van der Waals surface area contributed by atoms with E-state index in [4.69, 9.17) is 4.99 Å². The number of rotatable bonds is 3. The van der Waals surface area contributed by atoms with Crippen molar-refractivity contribution >= 4 is 16.9 Å². The second-order valence-corrected chi connectivity index (χ2v) is 8.68. The van der Waals surface area contributed by atoms with Crippen molar-refractivity contribution in [3.8, 4) is 5.69 Å². The molecule has 0 spiro atoms. The molecular weight excluding hydrogens is 352 g/mol. The zero-order chi connectivity index (χ0) is 18.4. The molecule has 1 saturated heterocycles. The van der Waals surface area contributed by atoms with Crippen molar-refractivity contribution in [2.24, 2.45) is 4.99 Å². The molecule has 27 heavy (non-hydrogen) atoms. The first-order valence-electron chi connectivity index (χ1n) is 9.37. The first-order valence-corrected chi connectivity index (χ1v) is 10.2. The van der Waals surface area contributed by atoms with Crippen molar-refractivity contribution in [3.05, 3.63) is 83.9 Å². The van der Waals surface area contributed by atoms with Crippen LogP contribution >= 0.6 is 11.8 Å². The molecule has 4 heterocycles. The van der Waals surface area contributed by atoms with Crippen molar-refractivity contribution in [2.75, 3.05) is 6.54 Å². The fraction of sp³-hybridized carbons (Fsp3) is 0.273. The van der Waals surface area contributed by atoms with E-state index >= 15 is 0 Å². The van der Waals surface area contributed by atoms with Crippen LogP contribution in [0.15, 0.2) is 72.0 Å². The van der Waals surface area contributed by atoms with Gasteiger partial charge in [0.15, 0.2) is 5.17 Å². The highest BCUT2D eigenvalue weighted by molar-refractivity contribution is 8.14. The Balaban J connectivity index is 1.60. The SMILES string of the molecule is Cc1ccc(-n2cccc2[C@@H]2[C@@H](c3ccccn3)N=C3S[C@H](C)CN32)cc1. The van der Waals surface area contributed by atoms with Crippen LogP contribution in [0.25, 0.3) is 5.69 Å². The van der Waals surface area contributed by atoms with Gasteiger partial charge in [-0.3, -0.25) is 9.98 Å². The van der Waals surface area contributed by atoms with Gasteiger partial charge < -0.3 is 9.47 Å². The number of hydrogen-bond donors (Lipinski definition) is 0. The van der Waals surface area contributed by atoms with Crippen LogP contribution < -0.4 is 0 Å². The van der Waals surface area contributed by atoms with Crippen molar-refractivity contribution in [3.63, 3.8) is 0 Å². The molecule has 0 unspecified atom stereocenters. The molecule has 2 aliphatic rings. The summed E-state index contributed by atoms with van der Waals surface area (Å²) >= 11 is 1.88. The third kappa shape index (κ3) is 2.86. The molecule has 4 nitrogen and oxygen atoms in total. The minimum atomic E-state index is 0.0281. The Morgan fingerprint density at radius 2 is 1.89 bits per heavy atom. The van der Waals surface area contributed by atoms with Gasteiger partial charge in [-0.1, -0.05) is 42.4 Å². The molecule has 0 N–H and O–H groups in total. The van der Waals surface area contributed by atoms with Gasteiger partial charge in [0.2, 0.25) is 0 Å². The Bertz CT molecular complexity index is 977. The average molecular weight is 375 g/mol. The van der Waals surface area contributed by atoms with E-state index in [1.165, 1.54) is 16.9 Å². The normalized spacial score (nSPS) is 24.1. The molecule has 0 radical (unpaired) electrons. The summed E-state index contributed by atoms with van der Waals surface area (Å²) in [7, 11) is 0. The highest BCUT2D eigenvalue weighted by atomic mass is 32.2. The van der Waals surface area contributed by atoms with Crippen molar-refractivity contribution in [1.29, 1.82) is 0 Å². The summed E-state index contributed by atoms with van der Waals surface area (Å²) in [5.74, 6) is 0. The minimum Gasteiger partial charge on any atom is -0.339 e. The van der Waals surface area contributed by atoms with Crippen LogP contribution in [0.5, 0.6) is 0 Å². The predicted octanol–water partition coefficient (Wildman–Crippen LogP) is 4.77. The number of aliphatic imine (C=N–C) groups is 1. The van der Waals surface area contributed by atoms with Gasteiger partial charge in [-0.2, -0.15) is 0 Å². The van der Waals surface area contributed by atoms with Crippen molar-refractivity contribution in [2.45, 2.75) is 31.2 Å².